The highest BCUT2D eigenvalue weighted by molar-refractivity contribution is 9.10. The van der Waals surface area contributed by atoms with Gasteiger partial charge in [0.05, 0.1) is 0 Å². The minimum absolute atomic E-state index is 0.193. The van der Waals surface area contributed by atoms with Crippen molar-refractivity contribution in [2.24, 2.45) is 5.92 Å². The first kappa shape index (κ1) is 18.2. The molecular weight excluding hydrogens is 384 g/mol. The molecule has 1 aromatic carbocycles. The van der Waals surface area contributed by atoms with Gasteiger partial charge < -0.3 is 14.1 Å². The van der Waals surface area contributed by atoms with Crippen molar-refractivity contribution in [3.05, 3.63) is 28.6 Å². The maximum absolute atomic E-state index is 11.9. The van der Waals surface area contributed by atoms with E-state index in [1.54, 1.807) is 4.90 Å². The summed E-state index contributed by atoms with van der Waals surface area (Å²) in [6.07, 6.45) is 3.97. The molecule has 0 radical (unpaired) electrons. The van der Waals surface area contributed by atoms with Crippen molar-refractivity contribution < 1.29 is 13.9 Å². The summed E-state index contributed by atoms with van der Waals surface area (Å²) in [5.41, 5.74) is 1.32. The first-order valence-corrected chi connectivity index (χ1v) is 9.62. The van der Waals surface area contributed by atoms with Gasteiger partial charge in [-0.25, -0.2) is 9.78 Å². The second kappa shape index (κ2) is 7.36. The zero-order chi connectivity index (χ0) is 18.0. The number of hydrogen-bond acceptors (Lipinski definition) is 4. The molecule has 25 heavy (non-hydrogen) atoms. The van der Waals surface area contributed by atoms with Crippen molar-refractivity contribution in [3.8, 4) is 0 Å². The van der Waals surface area contributed by atoms with E-state index in [-0.39, 0.29) is 6.09 Å². The molecule has 5 nitrogen and oxygen atoms in total. The van der Waals surface area contributed by atoms with Gasteiger partial charge >= 0.3 is 6.09 Å². The number of fused-ring (bicyclic) bond motifs is 1. The quantitative estimate of drug-likeness (QED) is 0.640. The van der Waals surface area contributed by atoms with Gasteiger partial charge in [-0.05, 0) is 57.7 Å². The van der Waals surface area contributed by atoms with E-state index in [4.69, 9.17) is 9.15 Å². The Labute approximate surface area is 156 Å². The first-order valence-electron chi connectivity index (χ1n) is 8.83. The molecule has 2 aromatic rings. The number of aryl methyl sites for hydroxylation is 1. The van der Waals surface area contributed by atoms with Gasteiger partial charge in [0.1, 0.15) is 11.1 Å². The van der Waals surface area contributed by atoms with E-state index < -0.39 is 5.60 Å². The van der Waals surface area contributed by atoms with Crippen LogP contribution in [0.2, 0.25) is 0 Å². The van der Waals surface area contributed by atoms with Crippen LogP contribution in [0, 0.1) is 5.92 Å². The number of oxazole rings is 1. The highest BCUT2D eigenvalue weighted by Gasteiger charge is 2.33. The highest BCUT2D eigenvalue weighted by atomic mass is 79.9. The summed E-state index contributed by atoms with van der Waals surface area (Å²) in [4.78, 5) is 18.2. The molecule has 6 heteroatoms. The molecule has 1 aliphatic heterocycles. The van der Waals surface area contributed by atoms with E-state index >= 15 is 0 Å². The molecule has 1 saturated heterocycles. The first-order chi connectivity index (χ1) is 11.8. The number of aromatic nitrogens is 1. The molecule has 0 unspecified atom stereocenters. The van der Waals surface area contributed by atoms with Crippen molar-refractivity contribution in [2.45, 2.75) is 52.1 Å². The predicted octanol–water partition coefficient (Wildman–Crippen LogP) is 5.17. The lowest BCUT2D eigenvalue weighted by molar-refractivity contribution is -0.00240. The average molecular weight is 409 g/mol. The number of unbranched alkanes of at least 4 members (excludes halogenated alkanes) is 1. The summed E-state index contributed by atoms with van der Waals surface area (Å²) in [5, 5.41) is 0. The number of amides is 1. The van der Waals surface area contributed by atoms with Crippen LogP contribution in [0.3, 0.4) is 0 Å². The van der Waals surface area contributed by atoms with Crippen molar-refractivity contribution in [3.63, 3.8) is 0 Å². The molecule has 2 heterocycles. The maximum atomic E-state index is 11.9. The number of carbonyl (C=O) groups excluding carboxylic acids is 1. The average Bonchev–Trinajstić information content (AvgIpc) is 2.84. The lowest BCUT2D eigenvalue weighted by Gasteiger charge is -2.39. The summed E-state index contributed by atoms with van der Waals surface area (Å²) >= 11 is 3.45. The smallest absolute Gasteiger partial charge is 0.410 e. The monoisotopic (exact) mass is 408 g/mol. The molecule has 0 bridgehead atoms. The van der Waals surface area contributed by atoms with Crippen LogP contribution in [-0.4, -0.2) is 34.7 Å². The molecule has 1 aliphatic rings. The van der Waals surface area contributed by atoms with Crippen LogP contribution >= 0.6 is 15.9 Å². The lowest BCUT2D eigenvalue weighted by Crippen LogP contribution is -2.51. The van der Waals surface area contributed by atoms with Gasteiger partial charge in [0.25, 0.3) is 0 Å². The largest absolute Gasteiger partial charge is 0.444 e. The Kier molecular flexibility index (Phi) is 5.37. The fourth-order valence-corrected chi connectivity index (χ4v) is 3.34. The van der Waals surface area contributed by atoms with Crippen LogP contribution in [0.15, 0.2) is 27.1 Å². The van der Waals surface area contributed by atoms with Gasteiger partial charge in [-0.1, -0.05) is 22.4 Å². The highest BCUT2D eigenvalue weighted by Crippen LogP contribution is 2.25. The Morgan fingerprint density at radius 1 is 1.36 bits per heavy atom. The second-order valence-electron chi connectivity index (χ2n) is 7.72. The Morgan fingerprint density at radius 3 is 2.84 bits per heavy atom. The number of hydrogen-bond donors (Lipinski definition) is 0. The third-order valence-corrected chi connectivity index (χ3v) is 4.75. The Hall–Kier alpha value is -1.56. The van der Waals surface area contributed by atoms with Crippen molar-refractivity contribution in [1.82, 2.24) is 9.88 Å². The third kappa shape index (κ3) is 4.97. The van der Waals surface area contributed by atoms with Crippen molar-refractivity contribution in [1.29, 1.82) is 0 Å². The molecule has 0 N–H and O–H groups in total. The molecule has 0 atom stereocenters. The van der Waals surface area contributed by atoms with Crippen LogP contribution in [0.25, 0.3) is 11.1 Å². The normalized spacial score (nSPS) is 15.4. The van der Waals surface area contributed by atoms with Crippen LogP contribution in [-0.2, 0) is 11.2 Å². The minimum Gasteiger partial charge on any atom is -0.444 e. The molecule has 1 fully saturated rings. The SMILES string of the molecule is CC(C)(C)OC(=O)N1CC(CCCCc2nc3cc(Br)ccc3o2)C1. The predicted molar refractivity (Wildman–Crippen MR) is 101 cm³/mol. The Morgan fingerprint density at radius 2 is 2.12 bits per heavy atom. The van der Waals surface area contributed by atoms with Crippen molar-refractivity contribution in [2.75, 3.05) is 13.1 Å². The number of halogens is 1. The minimum atomic E-state index is -0.419. The number of ether oxygens (including phenoxy) is 1. The number of rotatable bonds is 5. The third-order valence-electron chi connectivity index (χ3n) is 4.26. The van der Waals surface area contributed by atoms with Gasteiger partial charge in [0.15, 0.2) is 11.5 Å². The zero-order valence-corrected chi connectivity index (χ0v) is 16.6. The summed E-state index contributed by atoms with van der Waals surface area (Å²) in [6, 6.07) is 5.88. The number of likely N-dealkylation sites (tertiary alicyclic amines) is 1. The van der Waals surface area contributed by atoms with Crippen LogP contribution < -0.4 is 0 Å². The Balaban J connectivity index is 1.35. The fourth-order valence-electron chi connectivity index (χ4n) is 2.99. The molecule has 3 rings (SSSR count). The van der Waals surface area contributed by atoms with E-state index in [1.165, 1.54) is 0 Å². The topological polar surface area (TPSA) is 55.6 Å². The second-order valence-corrected chi connectivity index (χ2v) is 8.63. The standard InChI is InChI=1S/C19H25BrN2O3/c1-19(2,3)25-18(23)22-11-13(12-22)6-4-5-7-17-21-15-10-14(20)8-9-16(15)24-17/h8-10,13H,4-7,11-12H2,1-3H3. The van der Waals surface area contributed by atoms with Gasteiger partial charge in [-0.2, -0.15) is 0 Å². The number of nitrogens with zero attached hydrogens (tertiary/aromatic N) is 2. The van der Waals surface area contributed by atoms with Gasteiger partial charge in [0, 0.05) is 24.0 Å². The summed E-state index contributed by atoms with van der Waals surface area (Å²) in [7, 11) is 0. The summed E-state index contributed by atoms with van der Waals surface area (Å²) in [5.74, 6) is 1.39. The van der Waals surface area contributed by atoms with E-state index in [9.17, 15) is 4.79 Å². The molecule has 1 aromatic heterocycles. The molecule has 136 valence electrons. The van der Waals surface area contributed by atoms with E-state index in [0.717, 1.165) is 60.2 Å². The number of benzene rings is 1. The van der Waals surface area contributed by atoms with Gasteiger partial charge in [-0.3, -0.25) is 0 Å². The molecular formula is C19H25BrN2O3. The zero-order valence-electron chi connectivity index (χ0n) is 15.0. The molecule has 0 spiro atoms. The maximum Gasteiger partial charge on any atom is 0.410 e. The van der Waals surface area contributed by atoms with Crippen LogP contribution in [0.1, 0.15) is 45.9 Å². The van der Waals surface area contributed by atoms with Crippen LogP contribution in [0.5, 0.6) is 0 Å². The number of carbonyl (C=O) groups is 1. The molecule has 0 saturated carbocycles. The van der Waals surface area contributed by atoms with Crippen LogP contribution in [0.4, 0.5) is 4.79 Å². The van der Waals surface area contributed by atoms with Gasteiger partial charge in [0.2, 0.25) is 0 Å². The van der Waals surface area contributed by atoms with E-state index in [1.807, 2.05) is 39.0 Å². The summed E-state index contributed by atoms with van der Waals surface area (Å²) in [6.45, 7) is 7.31. The van der Waals surface area contributed by atoms with E-state index in [0.29, 0.717) is 5.92 Å². The lowest BCUT2D eigenvalue weighted by atomic mass is 9.94. The van der Waals surface area contributed by atoms with Crippen molar-refractivity contribution >= 4 is 33.1 Å². The fraction of sp³-hybridized carbons (Fsp3) is 0.579. The van der Waals surface area contributed by atoms with Gasteiger partial charge in [-0.15, -0.1) is 0 Å². The van der Waals surface area contributed by atoms with E-state index in [2.05, 4.69) is 20.9 Å². The summed E-state index contributed by atoms with van der Waals surface area (Å²) < 4.78 is 12.2. The Bertz CT molecular complexity index is 745. The molecule has 1 amide bonds. The molecule has 0 aliphatic carbocycles.